The number of benzene rings is 1. The highest BCUT2D eigenvalue weighted by atomic mass is 35.5. The molecule has 0 aliphatic heterocycles. The summed E-state index contributed by atoms with van der Waals surface area (Å²) >= 11 is 7.24. The van der Waals surface area contributed by atoms with Crippen molar-refractivity contribution in [3.8, 4) is 0 Å². The number of thiophene rings is 1. The Balaban J connectivity index is 1.89. The molecule has 1 amide bonds. The van der Waals surface area contributed by atoms with E-state index in [1.807, 2.05) is 17.7 Å². The van der Waals surface area contributed by atoms with E-state index in [1.165, 1.54) is 16.9 Å². The summed E-state index contributed by atoms with van der Waals surface area (Å²) in [5, 5.41) is 4.75. The summed E-state index contributed by atoms with van der Waals surface area (Å²) < 4.78 is 2.62. The van der Waals surface area contributed by atoms with Gasteiger partial charge in [-0.15, -0.1) is 11.3 Å². The number of nitrogens with zero attached hydrogens (tertiary/aromatic N) is 2. The van der Waals surface area contributed by atoms with Crippen LogP contribution in [0.1, 0.15) is 28.4 Å². The number of carbonyl (C=O) groups is 1. The summed E-state index contributed by atoms with van der Waals surface area (Å²) in [6.45, 7) is 2.59. The molecule has 4 nitrogen and oxygen atoms in total. The van der Waals surface area contributed by atoms with Crippen LogP contribution in [0.5, 0.6) is 0 Å². The third-order valence-corrected chi connectivity index (χ3v) is 4.81. The topological polar surface area (TPSA) is 46.9 Å². The summed E-state index contributed by atoms with van der Waals surface area (Å²) in [5.74, 6) is -0.107. The fourth-order valence-corrected chi connectivity index (χ4v) is 3.46. The lowest BCUT2D eigenvalue weighted by Gasteiger charge is -2.12. The lowest BCUT2D eigenvalue weighted by Crippen LogP contribution is -2.23. The van der Waals surface area contributed by atoms with E-state index in [-0.39, 0.29) is 5.91 Å². The third-order valence-electron chi connectivity index (χ3n) is 3.72. The van der Waals surface area contributed by atoms with Crippen LogP contribution >= 0.6 is 22.9 Å². The standard InChI is InChI=1S/C16H16ClN3OS/c1-3-10-4-5-13-15(20(2)9-19-13)12(10)7-18-16(21)11-6-14(17)22-8-11/h4-6,8-9H,3,7H2,1-2H3,(H,18,21). The zero-order valence-electron chi connectivity index (χ0n) is 12.4. The number of aryl methyl sites for hydroxylation is 2. The Labute approximate surface area is 137 Å². The van der Waals surface area contributed by atoms with Crippen LogP contribution in [0.4, 0.5) is 0 Å². The van der Waals surface area contributed by atoms with Gasteiger partial charge in [0.1, 0.15) is 0 Å². The lowest BCUT2D eigenvalue weighted by atomic mass is 10.0. The van der Waals surface area contributed by atoms with E-state index in [0.717, 1.165) is 23.0 Å². The Kier molecular flexibility index (Phi) is 4.18. The maximum absolute atomic E-state index is 12.2. The lowest BCUT2D eigenvalue weighted by molar-refractivity contribution is 0.0951. The molecule has 0 spiro atoms. The molecule has 0 unspecified atom stereocenters. The van der Waals surface area contributed by atoms with Gasteiger partial charge in [0, 0.05) is 24.5 Å². The van der Waals surface area contributed by atoms with Gasteiger partial charge >= 0.3 is 0 Å². The van der Waals surface area contributed by atoms with Crippen LogP contribution < -0.4 is 5.32 Å². The zero-order chi connectivity index (χ0) is 15.7. The fourth-order valence-electron chi connectivity index (χ4n) is 2.60. The Bertz CT molecular complexity index is 837. The van der Waals surface area contributed by atoms with Crippen LogP contribution in [-0.4, -0.2) is 15.5 Å². The first-order chi connectivity index (χ1) is 10.6. The van der Waals surface area contributed by atoms with Crippen molar-refractivity contribution in [1.82, 2.24) is 14.9 Å². The van der Waals surface area contributed by atoms with E-state index in [2.05, 4.69) is 23.3 Å². The van der Waals surface area contributed by atoms with E-state index in [9.17, 15) is 4.79 Å². The minimum Gasteiger partial charge on any atom is -0.348 e. The molecule has 0 radical (unpaired) electrons. The summed E-state index contributed by atoms with van der Waals surface area (Å²) in [5.41, 5.74) is 4.96. The number of hydrogen-bond donors (Lipinski definition) is 1. The smallest absolute Gasteiger partial charge is 0.252 e. The molecule has 0 aliphatic carbocycles. The van der Waals surface area contributed by atoms with E-state index >= 15 is 0 Å². The summed E-state index contributed by atoms with van der Waals surface area (Å²) in [6, 6.07) is 5.80. The van der Waals surface area contributed by atoms with Gasteiger partial charge in [-0.1, -0.05) is 24.6 Å². The number of hydrogen-bond acceptors (Lipinski definition) is 3. The number of amides is 1. The second kappa shape index (κ2) is 6.10. The highest BCUT2D eigenvalue weighted by molar-refractivity contribution is 7.14. The predicted molar refractivity (Wildman–Crippen MR) is 90.6 cm³/mol. The minimum atomic E-state index is -0.107. The van der Waals surface area contributed by atoms with Gasteiger partial charge in [0.25, 0.3) is 5.91 Å². The SMILES string of the molecule is CCc1ccc2ncn(C)c2c1CNC(=O)c1csc(Cl)c1. The quantitative estimate of drug-likeness (QED) is 0.789. The van der Waals surface area contributed by atoms with Gasteiger partial charge in [-0.25, -0.2) is 4.98 Å². The van der Waals surface area contributed by atoms with Crippen LogP contribution in [0, 0.1) is 0 Å². The molecular weight excluding hydrogens is 318 g/mol. The number of aromatic nitrogens is 2. The number of halogens is 1. The van der Waals surface area contributed by atoms with Crippen molar-refractivity contribution in [1.29, 1.82) is 0 Å². The van der Waals surface area contributed by atoms with Crippen molar-refractivity contribution in [2.45, 2.75) is 19.9 Å². The van der Waals surface area contributed by atoms with Crippen LogP contribution in [-0.2, 0) is 20.0 Å². The molecule has 0 saturated heterocycles. The summed E-state index contributed by atoms with van der Waals surface area (Å²) in [6.07, 6.45) is 2.71. The van der Waals surface area contributed by atoms with Crippen LogP contribution in [0.2, 0.25) is 4.34 Å². The maximum atomic E-state index is 12.2. The molecule has 3 rings (SSSR count). The number of imidazole rings is 1. The zero-order valence-corrected chi connectivity index (χ0v) is 14.0. The summed E-state index contributed by atoms with van der Waals surface area (Å²) in [4.78, 5) is 16.6. The molecule has 1 N–H and O–H groups in total. The average Bonchev–Trinajstić information content (AvgIpc) is 3.11. The van der Waals surface area contributed by atoms with Crippen molar-refractivity contribution in [2.75, 3.05) is 0 Å². The van der Waals surface area contributed by atoms with Crippen LogP contribution in [0.25, 0.3) is 11.0 Å². The van der Waals surface area contributed by atoms with Crippen molar-refractivity contribution in [3.63, 3.8) is 0 Å². The Morgan fingerprint density at radius 2 is 2.27 bits per heavy atom. The first-order valence-corrected chi connectivity index (χ1v) is 8.30. The second-order valence-electron chi connectivity index (χ2n) is 5.10. The van der Waals surface area contributed by atoms with Crippen molar-refractivity contribution >= 4 is 39.9 Å². The normalized spacial score (nSPS) is 11.0. The van der Waals surface area contributed by atoms with E-state index in [0.29, 0.717) is 16.4 Å². The number of nitrogens with one attached hydrogen (secondary N) is 1. The first-order valence-electron chi connectivity index (χ1n) is 7.04. The molecule has 0 saturated carbocycles. The Hall–Kier alpha value is -1.85. The molecule has 0 atom stereocenters. The Morgan fingerprint density at radius 3 is 2.95 bits per heavy atom. The fraction of sp³-hybridized carbons (Fsp3) is 0.250. The molecule has 22 heavy (non-hydrogen) atoms. The van der Waals surface area contributed by atoms with Gasteiger partial charge in [-0.2, -0.15) is 0 Å². The van der Waals surface area contributed by atoms with E-state index in [4.69, 9.17) is 11.6 Å². The van der Waals surface area contributed by atoms with Gasteiger partial charge < -0.3 is 9.88 Å². The van der Waals surface area contributed by atoms with Crippen molar-refractivity contribution in [2.24, 2.45) is 7.05 Å². The number of fused-ring (bicyclic) bond motifs is 1. The molecule has 1 aromatic carbocycles. The number of rotatable bonds is 4. The molecule has 0 aliphatic rings. The van der Waals surface area contributed by atoms with E-state index < -0.39 is 0 Å². The maximum Gasteiger partial charge on any atom is 0.252 e. The molecule has 2 heterocycles. The third kappa shape index (κ3) is 2.74. The van der Waals surface area contributed by atoms with Crippen molar-refractivity contribution in [3.05, 3.63) is 50.9 Å². The van der Waals surface area contributed by atoms with Gasteiger partial charge in [-0.3, -0.25) is 4.79 Å². The van der Waals surface area contributed by atoms with Crippen LogP contribution in [0.3, 0.4) is 0 Å². The minimum absolute atomic E-state index is 0.107. The van der Waals surface area contributed by atoms with Gasteiger partial charge in [0.05, 0.1) is 27.3 Å². The molecule has 0 fully saturated rings. The first kappa shape index (κ1) is 15.1. The summed E-state index contributed by atoms with van der Waals surface area (Å²) in [7, 11) is 1.97. The largest absolute Gasteiger partial charge is 0.348 e. The molecule has 2 aromatic heterocycles. The molecule has 6 heteroatoms. The monoisotopic (exact) mass is 333 g/mol. The predicted octanol–water partition coefficient (Wildman–Crippen LogP) is 3.78. The van der Waals surface area contributed by atoms with Gasteiger partial charge in [-0.05, 0) is 24.1 Å². The molecule has 0 bridgehead atoms. The van der Waals surface area contributed by atoms with Gasteiger partial charge in [0.2, 0.25) is 0 Å². The molecule has 114 valence electrons. The molecular formula is C16H16ClN3OS. The number of carbonyl (C=O) groups excluding carboxylic acids is 1. The average molecular weight is 334 g/mol. The van der Waals surface area contributed by atoms with Crippen LogP contribution in [0.15, 0.2) is 29.9 Å². The highest BCUT2D eigenvalue weighted by Gasteiger charge is 2.13. The highest BCUT2D eigenvalue weighted by Crippen LogP contribution is 2.23. The van der Waals surface area contributed by atoms with Gasteiger partial charge in [0.15, 0.2) is 0 Å². The molecule has 3 aromatic rings. The Morgan fingerprint density at radius 1 is 1.45 bits per heavy atom. The second-order valence-corrected chi connectivity index (χ2v) is 6.64. The van der Waals surface area contributed by atoms with Crippen molar-refractivity contribution < 1.29 is 4.79 Å². The van der Waals surface area contributed by atoms with E-state index in [1.54, 1.807) is 17.8 Å².